The van der Waals surface area contributed by atoms with E-state index >= 15 is 0 Å². The molecule has 0 aliphatic rings. The van der Waals surface area contributed by atoms with Crippen LogP contribution < -0.4 is 5.30 Å². The normalized spacial score (nSPS) is 16.0. The zero-order valence-corrected chi connectivity index (χ0v) is 9.75. The summed E-state index contributed by atoms with van der Waals surface area (Å²) in [5, 5.41) is 0.442. The molecule has 0 aromatic heterocycles. The van der Waals surface area contributed by atoms with Gasteiger partial charge in [0.25, 0.3) is 0 Å². The lowest BCUT2D eigenvalue weighted by molar-refractivity contribution is 0.491. The predicted octanol–water partition coefficient (Wildman–Crippen LogP) is 2.04. The highest BCUT2D eigenvalue weighted by atomic mass is 31.2. The topological polar surface area (TPSA) is 54.4 Å². The highest BCUT2D eigenvalue weighted by molar-refractivity contribution is 7.66. The zero-order chi connectivity index (χ0) is 10.6. The molecule has 0 radical (unpaired) electrons. The van der Waals surface area contributed by atoms with E-state index in [9.17, 15) is 14.0 Å². The van der Waals surface area contributed by atoms with Crippen molar-refractivity contribution in [3.05, 3.63) is 30.3 Å². The average molecular weight is 231 g/mol. The van der Waals surface area contributed by atoms with Gasteiger partial charge in [-0.1, -0.05) is 22.8 Å². The van der Waals surface area contributed by atoms with E-state index in [1.54, 1.807) is 37.0 Å². The van der Waals surface area contributed by atoms with Crippen LogP contribution in [-0.4, -0.2) is 23.9 Å². The van der Waals surface area contributed by atoms with Crippen LogP contribution in [0.15, 0.2) is 30.3 Å². The summed E-state index contributed by atoms with van der Waals surface area (Å²) in [4.78, 5) is 9.66. The molecule has 1 rings (SSSR count). The van der Waals surface area contributed by atoms with Crippen LogP contribution >= 0.6 is 15.2 Å². The van der Waals surface area contributed by atoms with E-state index in [2.05, 4.69) is 0 Å². The fourth-order valence-electron chi connectivity index (χ4n) is 1.07. The largest absolute Gasteiger partial charge is 0.341 e. The maximum atomic E-state index is 11.7. The van der Waals surface area contributed by atoms with E-state index in [1.807, 2.05) is 0 Å². The molecule has 3 nitrogen and oxygen atoms in total. The van der Waals surface area contributed by atoms with Gasteiger partial charge in [0.1, 0.15) is 6.66 Å². The van der Waals surface area contributed by atoms with Gasteiger partial charge in [-0.05, 0) is 12.1 Å². The molecule has 0 spiro atoms. The lowest BCUT2D eigenvalue weighted by Gasteiger charge is -2.07. The van der Waals surface area contributed by atoms with Gasteiger partial charge in [-0.3, -0.25) is 4.57 Å². The molecule has 14 heavy (non-hydrogen) atoms. The standard InChI is InChI=1S/C9H12O3P2/c1-13(10)7-8-14(11,12)9-5-3-2-4-6-9/h2-6H,7-8H2,1H3/p+1. The molecule has 0 aliphatic heterocycles. The van der Waals surface area contributed by atoms with Crippen LogP contribution in [0.2, 0.25) is 0 Å². The molecule has 0 fully saturated rings. The molecule has 0 bridgehead atoms. The molecule has 1 aromatic rings. The lowest BCUT2D eigenvalue weighted by atomic mass is 10.4. The minimum absolute atomic E-state index is 0.0999. The van der Waals surface area contributed by atoms with Crippen molar-refractivity contribution in [3.63, 3.8) is 0 Å². The predicted molar refractivity (Wildman–Crippen MR) is 59.2 cm³/mol. The molecular weight excluding hydrogens is 218 g/mol. The molecule has 0 aliphatic carbocycles. The van der Waals surface area contributed by atoms with Crippen molar-refractivity contribution >= 4 is 20.5 Å². The second-order valence-corrected chi connectivity index (χ2v) is 7.18. The third-order valence-electron chi connectivity index (χ3n) is 1.88. The minimum Gasteiger partial charge on any atom is -0.341 e. The molecule has 0 saturated carbocycles. The molecule has 0 amide bonds. The smallest absolute Gasteiger partial charge is 0.336 e. The molecule has 0 heterocycles. The van der Waals surface area contributed by atoms with Crippen LogP contribution in [0.4, 0.5) is 0 Å². The van der Waals surface area contributed by atoms with E-state index in [-0.39, 0.29) is 6.16 Å². The van der Waals surface area contributed by atoms with Crippen molar-refractivity contribution < 1.29 is 14.0 Å². The first-order valence-corrected chi connectivity index (χ1v) is 8.02. The molecule has 5 heteroatoms. The molecule has 76 valence electrons. The highest BCUT2D eigenvalue weighted by Crippen LogP contribution is 2.40. The maximum absolute atomic E-state index is 11.7. The van der Waals surface area contributed by atoms with Gasteiger partial charge in [-0.25, -0.2) is 0 Å². The van der Waals surface area contributed by atoms with Gasteiger partial charge in [-0.2, -0.15) is 0 Å². The van der Waals surface area contributed by atoms with Crippen molar-refractivity contribution in [1.82, 2.24) is 0 Å². The first-order chi connectivity index (χ1) is 6.52. The monoisotopic (exact) mass is 231 g/mol. The molecule has 1 aromatic carbocycles. The Morgan fingerprint density at radius 2 is 1.93 bits per heavy atom. The summed E-state index contributed by atoms with van der Waals surface area (Å²) >= 11 is 0. The third kappa shape index (κ3) is 3.34. The van der Waals surface area contributed by atoms with Crippen LogP contribution in [0.1, 0.15) is 0 Å². The van der Waals surface area contributed by atoms with Gasteiger partial charge in [0.05, 0.1) is 6.16 Å². The van der Waals surface area contributed by atoms with Gasteiger partial charge in [0, 0.05) is 5.30 Å². The lowest BCUT2D eigenvalue weighted by Crippen LogP contribution is -2.07. The second-order valence-electron chi connectivity index (χ2n) is 3.11. The van der Waals surface area contributed by atoms with Gasteiger partial charge < -0.3 is 4.89 Å². The number of hydrogen-bond acceptors (Lipinski definition) is 2. The second kappa shape index (κ2) is 4.84. The van der Waals surface area contributed by atoms with Gasteiger partial charge in [0.2, 0.25) is 7.37 Å². The summed E-state index contributed by atoms with van der Waals surface area (Å²) in [7, 11) is -4.62. The summed E-state index contributed by atoms with van der Waals surface area (Å²) in [5.41, 5.74) is 0. The fourth-order valence-corrected chi connectivity index (χ4v) is 4.17. The first kappa shape index (κ1) is 11.6. The van der Waals surface area contributed by atoms with Crippen molar-refractivity contribution in [3.8, 4) is 0 Å². The molecule has 1 N–H and O–H groups in total. The molecule has 2 atom stereocenters. The van der Waals surface area contributed by atoms with Gasteiger partial charge >= 0.3 is 7.80 Å². The van der Waals surface area contributed by atoms with E-state index in [0.717, 1.165) is 0 Å². The van der Waals surface area contributed by atoms with Crippen LogP contribution in [0, 0.1) is 0 Å². The fraction of sp³-hybridized carbons (Fsp3) is 0.333. The van der Waals surface area contributed by atoms with Crippen molar-refractivity contribution in [2.24, 2.45) is 0 Å². The Morgan fingerprint density at radius 3 is 2.43 bits per heavy atom. The maximum Gasteiger partial charge on any atom is 0.336 e. The van der Waals surface area contributed by atoms with Crippen molar-refractivity contribution in [2.75, 3.05) is 19.0 Å². The van der Waals surface area contributed by atoms with Gasteiger partial charge in [0.15, 0.2) is 6.16 Å². The van der Waals surface area contributed by atoms with E-state index in [4.69, 9.17) is 0 Å². The molecule has 2 unspecified atom stereocenters. The van der Waals surface area contributed by atoms with Crippen LogP contribution in [-0.2, 0) is 9.13 Å². The van der Waals surface area contributed by atoms with Crippen LogP contribution in [0.5, 0.6) is 0 Å². The summed E-state index contributed by atoms with van der Waals surface area (Å²) < 4.78 is 22.6. The Bertz CT molecular complexity index is 362. The molecule has 0 saturated heterocycles. The van der Waals surface area contributed by atoms with Crippen molar-refractivity contribution in [1.29, 1.82) is 0 Å². The highest BCUT2D eigenvalue weighted by Gasteiger charge is 2.24. The summed E-state index contributed by atoms with van der Waals surface area (Å²) in [6.07, 6.45) is 0.403. The first-order valence-electron chi connectivity index (χ1n) is 4.28. The Hall–Kier alpha value is -0.490. The van der Waals surface area contributed by atoms with Crippen LogP contribution in [0.25, 0.3) is 0 Å². The Balaban J connectivity index is 2.76. The summed E-state index contributed by atoms with van der Waals surface area (Å²) in [6, 6.07) is 8.51. The third-order valence-corrected chi connectivity index (χ3v) is 5.02. The number of benzene rings is 1. The van der Waals surface area contributed by atoms with E-state index in [1.165, 1.54) is 0 Å². The number of rotatable bonds is 4. The summed E-state index contributed by atoms with van der Waals surface area (Å²) in [5.74, 6) is 0. The quantitative estimate of drug-likeness (QED) is 0.806. The SMILES string of the molecule is C[P+](=O)CCP(=O)(O)c1ccccc1. The molecular formula is C9H13O3P2+. The Morgan fingerprint density at radius 1 is 1.36 bits per heavy atom. The average Bonchev–Trinajstić information content (AvgIpc) is 2.16. The van der Waals surface area contributed by atoms with Crippen molar-refractivity contribution in [2.45, 2.75) is 0 Å². The van der Waals surface area contributed by atoms with E-state index < -0.39 is 15.2 Å². The summed E-state index contributed by atoms with van der Waals surface area (Å²) in [6.45, 7) is 1.57. The van der Waals surface area contributed by atoms with Gasteiger partial charge in [-0.15, -0.1) is 0 Å². The minimum atomic E-state index is -3.28. The van der Waals surface area contributed by atoms with Crippen LogP contribution in [0.3, 0.4) is 0 Å². The zero-order valence-electron chi connectivity index (χ0n) is 7.96. The Labute approximate surface area is 84.4 Å². The van der Waals surface area contributed by atoms with E-state index in [0.29, 0.717) is 11.5 Å². The number of hydrogen-bond donors (Lipinski definition) is 1. The Kier molecular flexibility index (Phi) is 4.00.